The van der Waals surface area contributed by atoms with Crippen LogP contribution >= 0.6 is 0 Å². The number of ketones is 1. The predicted molar refractivity (Wildman–Crippen MR) is 29.4 cm³/mol. The molecule has 1 aliphatic rings. The summed E-state index contributed by atoms with van der Waals surface area (Å²) in [6.07, 6.45) is 1.25. The summed E-state index contributed by atoms with van der Waals surface area (Å²) < 4.78 is 0. The van der Waals surface area contributed by atoms with Crippen molar-refractivity contribution in [1.82, 2.24) is 0 Å². The number of hydrogen-bond acceptors (Lipinski definition) is 2. The molecule has 0 spiro atoms. The van der Waals surface area contributed by atoms with Crippen molar-refractivity contribution in [3.8, 4) is 0 Å². The number of rotatable bonds is 2. The average molecular weight is 114 g/mol. The zero-order chi connectivity index (χ0) is 6.15. The van der Waals surface area contributed by atoms with Gasteiger partial charge in [0, 0.05) is 5.92 Å². The van der Waals surface area contributed by atoms with Gasteiger partial charge in [-0.15, -0.1) is 0 Å². The van der Waals surface area contributed by atoms with Crippen molar-refractivity contribution in [2.24, 2.45) is 5.92 Å². The van der Waals surface area contributed by atoms with Crippen LogP contribution in [-0.2, 0) is 4.79 Å². The van der Waals surface area contributed by atoms with E-state index in [0.29, 0.717) is 0 Å². The van der Waals surface area contributed by atoms with Gasteiger partial charge in [-0.25, -0.2) is 0 Å². The molecular formula is C6H10O2. The third kappa shape index (κ3) is 1.07. The lowest BCUT2D eigenvalue weighted by Gasteiger charge is -1.97. The Bertz CT molecular complexity index is 99.1. The van der Waals surface area contributed by atoms with Gasteiger partial charge in [0.05, 0.1) is 0 Å². The lowest BCUT2D eigenvalue weighted by atomic mass is 10.2. The van der Waals surface area contributed by atoms with Crippen LogP contribution in [0.25, 0.3) is 0 Å². The van der Waals surface area contributed by atoms with Crippen LogP contribution in [-0.4, -0.2) is 17.0 Å². The van der Waals surface area contributed by atoms with Crippen molar-refractivity contribution >= 4 is 5.78 Å². The second kappa shape index (κ2) is 1.86. The van der Waals surface area contributed by atoms with Gasteiger partial charge in [-0.2, -0.15) is 0 Å². The predicted octanol–water partition coefficient (Wildman–Crippen LogP) is 0.346. The Morgan fingerprint density at radius 3 is 2.38 bits per heavy atom. The van der Waals surface area contributed by atoms with E-state index in [1.165, 1.54) is 6.92 Å². The van der Waals surface area contributed by atoms with Crippen molar-refractivity contribution in [3.05, 3.63) is 0 Å². The smallest absolute Gasteiger partial charge is 0.164 e. The number of Topliss-reactive ketones (excluding diaryl/α,β-unsaturated/α-hetero) is 1. The summed E-state index contributed by atoms with van der Waals surface area (Å²) in [5.41, 5.74) is 0. The zero-order valence-corrected chi connectivity index (χ0v) is 4.92. The summed E-state index contributed by atoms with van der Waals surface area (Å²) in [5, 5.41) is 8.68. The van der Waals surface area contributed by atoms with E-state index in [1.54, 1.807) is 0 Å². The molecule has 0 aromatic carbocycles. The van der Waals surface area contributed by atoms with Crippen LogP contribution in [0.15, 0.2) is 0 Å². The summed E-state index contributed by atoms with van der Waals surface area (Å²) in [6, 6.07) is 0. The van der Waals surface area contributed by atoms with E-state index in [9.17, 15) is 4.79 Å². The molecule has 0 aliphatic heterocycles. The molecule has 1 fully saturated rings. The first-order chi connectivity index (χ1) is 3.72. The standard InChI is InChI=1S/C6H10O2/c1-4(7)6(8)5-2-3-5/h4-5,7H,2-3H2,1H3. The molecular weight excluding hydrogens is 104 g/mol. The van der Waals surface area contributed by atoms with Crippen molar-refractivity contribution in [2.75, 3.05) is 0 Å². The maximum Gasteiger partial charge on any atom is 0.164 e. The molecule has 1 saturated carbocycles. The highest BCUT2D eigenvalue weighted by Crippen LogP contribution is 2.30. The van der Waals surface area contributed by atoms with Crippen molar-refractivity contribution in [1.29, 1.82) is 0 Å². The van der Waals surface area contributed by atoms with Gasteiger partial charge in [0.1, 0.15) is 6.10 Å². The van der Waals surface area contributed by atoms with E-state index in [2.05, 4.69) is 0 Å². The molecule has 1 rings (SSSR count). The minimum Gasteiger partial charge on any atom is -0.386 e. The first-order valence-corrected chi connectivity index (χ1v) is 2.93. The second-order valence-corrected chi connectivity index (χ2v) is 2.35. The van der Waals surface area contributed by atoms with Gasteiger partial charge in [0.2, 0.25) is 0 Å². The quantitative estimate of drug-likeness (QED) is 0.562. The van der Waals surface area contributed by atoms with Gasteiger partial charge in [-0.1, -0.05) is 0 Å². The van der Waals surface area contributed by atoms with Gasteiger partial charge >= 0.3 is 0 Å². The van der Waals surface area contributed by atoms with E-state index >= 15 is 0 Å². The number of hydrogen-bond donors (Lipinski definition) is 1. The minimum atomic E-state index is -0.734. The summed E-state index contributed by atoms with van der Waals surface area (Å²) in [6.45, 7) is 1.53. The molecule has 8 heavy (non-hydrogen) atoms. The van der Waals surface area contributed by atoms with Crippen LogP contribution in [0.3, 0.4) is 0 Å². The highest BCUT2D eigenvalue weighted by molar-refractivity contribution is 5.86. The molecule has 1 unspecified atom stereocenters. The Morgan fingerprint density at radius 1 is 1.75 bits per heavy atom. The normalized spacial score (nSPS) is 22.8. The monoisotopic (exact) mass is 114 g/mol. The van der Waals surface area contributed by atoms with Crippen molar-refractivity contribution in [3.63, 3.8) is 0 Å². The SMILES string of the molecule is CC(O)C(=O)C1CC1. The maximum absolute atomic E-state index is 10.7. The summed E-state index contributed by atoms with van der Waals surface area (Å²) in [5.74, 6) is 0.222. The first-order valence-electron chi connectivity index (χ1n) is 2.93. The highest BCUT2D eigenvalue weighted by atomic mass is 16.3. The third-order valence-corrected chi connectivity index (χ3v) is 1.39. The molecule has 0 amide bonds. The molecule has 1 atom stereocenters. The highest BCUT2D eigenvalue weighted by Gasteiger charge is 2.31. The molecule has 0 aromatic rings. The number of aliphatic hydroxyl groups is 1. The van der Waals surface area contributed by atoms with Crippen LogP contribution in [0.5, 0.6) is 0 Å². The zero-order valence-electron chi connectivity index (χ0n) is 4.92. The second-order valence-electron chi connectivity index (χ2n) is 2.35. The lowest BCUT2D eigenvalue weighted by molar-refractivity contribution is -0.127. The van der Waals surface area contributed by atoms with Gasteiger partial charge in [0.15, 0.2) is 5.78 Å². The van der Waals surface area contributed by atoms with Gasteiger partial charge in [-0.3, -0.25) is 4.79 Å². The largest absolute Gasteiger partial charge is 0.386 e. The van der Waals surface area contributed by atoms with Gasteiger partial charge in [-0.05, 0) is 19.8 Å². The molecule has 46 valence electrons. The molecule has 2 heteroatoms. The van der Waals surface area contributed by atoms with E-state index in [-0.39, 0.29) is 11.7 Å². The Hall–Kier alpha value is -0.370. The summed E-state index contributed by atoms with van der Waals surface area (Å²) in [4.78, 5) is 10.7. The lowest BCUT2D eigenvalue weighted by Crippen LogP contribution is -2.17. The van der Waals surface area contributed by atoms with Crippen molar-refractivity contribution < 1.29 is 9.90 Å². The third-order valence-electron chi connectivity index (χ3n) is 1.39. The van der Waals surface area contributed by atoms with E-state index < -0.39 is 6.10 Å². The molecule has 1 N–H and O–H groups in total. The number of carbonyl (C=O) groups excluding carboxylic acids is 1. The van der Waals surface area contributed by atoms with Gasteiger partial charge in [0.25, 0.3) is 0 Å². The van der Waals surface area contributed by atoms with Crippen LogP contribution < -0.4 is 0 Å². The van der Waals surface area contributed by atoms with Crippen LogP contribution in [0.2, 0.25) is 0 Å². The minimum absolute atomic E-state index is 0.0185. The fourth-order valence-corrected chi connectivity index (χ4v) is 0.709. The van der Waals surface area contributed by atoms with Crippen LogP contribution in [0.1, 0.15) is 19.8 Å². The Kier molecular flexibility index (Phi) is 1.34. The molecule has 0 bridgehead atoms. The van der Waals surface area contributed by atoms with Crippen molar-refractivity contribution in [2.45, 2.75) is 25.9 Å². The molecule has 0 heterocycles. The van der Waals surface area contributed by atoms with Crippen LogP contribution in [0.4, 0.5) is 0 Å². The fraction of sp³-hybridized carbons (Fsp3) is 0.833. The summed E-state index contributed by atoms with van der Waals surface area (Å²) in [7, 11) is 0. The van der Waals surface area contributed by atoms with E-state index in [4.69, 9.17) is 5.11 Å². The number of carbonyl (C=O) groups is 1. The molecule has 0 saturated heterocycles. The number of aliphatic hydroxyl groups excluding tert-OH is 1. The summed E-state index contributed by atoms with van der Waals surface area (Å²) >= 11 is 0. The molecule has 0 aromatic heterocycles. The maximum atomic E-state index is 10.7. The van der Waals surface area contributed by atoms with Crippen LogP contribution in [0, 0.1) is 5.92 Å². The molecule has 0 radical (unpaired) electrons. The Morgan fingerprint density at radius 2 is 2.25 bits per heavy atom. The molecule has 2 nitrogen and oxygen atoms in total. The Labute approximate surface area is 48.5 Å². The fourth-order valence-electron chi connectivity index (χ4n) is 0.709. The average Bonchev–Trinajstić information content (AvgIpc) is 2.43. The first kappa shape index (κ1) is 5.76. The molecule has 1 aliphatic carbocycles. The van der Waals surface area contributed by atoms with E-state index in [1.807, 2.05) is 0 Å². The van der Waals surface area contributed by atoms with E-state index in [0.717, 1.165) is 12.8 Å². The van der Waals surface area contributed by atoms with Gasteiger partial charge < -0.3 is 5.11 Å². The topological polar surface area (TPSA) is 37.3 Å². The Balaban J connectivity index is 2.33.